The third-order valence-corrected chi connectivity index (χ3v) is 5.12. The van der Waals surface area contributed by atoms with Gasteiger partial charge in [-0.05, 0) is 45.8 Å². The fourth-order valence-corrected chi connectivity index (χ4v) is 2.79. The molecule has 0 saturated carbocycles. The number of aromatic nitrogens is 1. The molecule has 0 aliphatic carbocycles. The average Bonchev–Trinajstić information content (AvgIpc) is 2.76. The number of carboxylic acid groups (broad SMARTS) is 1. The summed E-state index contributed by atoms with van der Waals surface area (Å²) in [5, 5.41) is 8.99. The second kappa shape index (κ2) is 5.90. The molecule has 0 aromatic carbocycles. The van der Waals surface area contributed by atoms with E-state index in [0.717, 1.165) is 16.7 Å². The van der Waals surface area contributed by atoms with Gasteiger partial charge in [-0.15, -0.1) is 0 Å². The number of amides is 1. The number of pyridine rings is 1. The standard InChI is InChI=1S/C17H23BN2O4/c1-16(2)17(3,4)24-18(23-16)13-5-6-14(19-11-13)12-7-9-20(10-8-12)15(21)22/h5-7,11H,8-10H2,1-4H3,(H,21,22). The van der Waals surface area contributed by atoms with E-state index in [0.29, 0.717) is 19.5 Å². The maximum absolute atomic E-state index is 10.9. The van der Waals surface area contributed by atoms with Gasteiger partial charge in [-0.1, -0.05) is 12.1 Å². The zero-order valence-corrected chi connectivity index (χ0v) is 14.6. The SMILES string of the molecule is CC1(C)OB(c2ccc(C3=CCN(C(=O)O)CC3)nc2)OC1(C)C. The van der Waals surface area contributed by atoms with Crippen LogP contribution in [0.2, 0.25) is 0 Å². The molecular weight excluding hydrogens is 307 g/mol. The van der Waals surface area contributed by atoms with E-state index in [-0.39, 0.29) is 11.2 Å². The number of rotatable bonds is 2. The van der Waals surface area contributed by atoms with E-state index in [1.807, 2.05) is 45.9 Å². The molecule has 3 rings (SSSR count). The van der Waals surface area contributed by atoms with Crippen molar-refractivity contribution in [3.05, 3.63) is 30.1 Å². The van der Waals surface area contributed by atoms with Crippen molar-refractivity contribution in [1.82, 2.24) is 9.88 Å². The average molecular weight is 330 g/mol. The van der Waals surface area contributed by atoms with Crippen LogP contribution in [0.15, 0.2) is 24.4 Å². The highest BCUT2D eigenvalue weighted by Crippen LogP contribution is 2.36. The molecule has 1 aromatic heterocycles. The van der Waals surface area contributed by atoms with Gasteiger partial charge in [0.05, 0.1) is 16.9 Å². The number of hydrogen-bond donors (Lipinski definition) is 1. The maximum atomic E-state index is 10.9. The minimum atomic E-state index is -0.880. The highest BCUT2D eigenvalue weighted by atomic mass is 16.7. The first-order valence-electron chi connectivity index (χ1n) is 8.18. The van der Waals surface area contributed by atoms with Gasteiger partial charge in [-0.2, -0.15) is 0 Å². The van der Waals surface area contributed by atoms with Crippen LogP contribution in [0.5, 0.6) is 0 Å². The molecule has 6 nitrogen and oxygen atoms in total. The Labute approximate surface area is 142 Å². The molecular formula is C17H23BN2O4. The van der Waals surface area contributed by atoms with Crippen LogP contribution in [0.1, 0.15) is 39.8 Å². The molecule has 1 aromatic rings. The molecule has 3 heterocycles. The molecule has 128 valence electrons. The lowest BCUT2D eigenvalue weighted by atomic mass is 9.80. The quantitative estimate of drug-likeness (QED) is 0.841. The summed E-state index contributed by atoms with van der Waals surface area (Å²) in [5.41, 5.74) is 2.10. The first-order chi connectivity index (χ1) is 11.2. The smallest absolute Gasteiger partial charge is 0.465 e. The fraction of sp³-hybridized carbons (Fsp3) is 0.529. The molecule has 1 amide bonds. The minimum absolute atomic E-state index is 0.372. The third kappa shape index (κ3) is 3.06. The Hall–Kier alpha value is -1.86. The Morgan fingerprint density at radius 1 is 1.25 bits per heavy atom. The topological polar surface area (TPSA) is 71.9 Å². The summed E-state index contributed by atoms with van der Waals surface area (Å²) in [6.07, 6.45) is 3.50. The summed E-state index contributed by atoms with van der Waals surface area (Å²) >= 11 is 0. The number of carbonyl (C=O) groups is 1. The van der Waals surface area contributed by atoms with Gasteiger partial charge in [-0.3, -0.25) is 4.98 Å². The van der Waals surface area contributed by atoms with E-state index < -0.39 is 13.2 Å². The lowest BCUT2D eigenvalue weighted by Crippen LogP contribution is -2.41. The molecule has 0 bridgehead atoms. The van der Waals surface area contributed by atoms with Crippen molar-refractivity contribution in [2.24, 2.45) is 0 Å². The molecule has 0 spiro atoms. The van der Waals surface area contributed by atoms with Crippen molar-refractivity contribution in [3.63, 3.8) is 0 Å². The summed E-state index contributed by atoms with van der Waals surface area (Å²) in [7, 11) is -0.417. The summed E-state index contributed by atoms with van der Waals surface area (Å²) in [4.78, 5) is 16.9. The van der Waals surface area contributed by atoms with Crippen LogP contribution in [-0.4, -0.2) is 52.5 Å². The zero-order valence-electron chi connectivity index (χ0n) is 14.6. The van der Waals surface area contributed by atoms with Crippen LogP contribution in [0.25, 0.3) is 5.57 Å². The molecule has 0 unspecified atom stereocenters. The Morgan fingerprint density at radius 3 is 2.38 bits per heavy atom. The number of hydrogen-bond acceptors (Lipinski definition) is 4. The fourth-order valence-electron chi connectivity index (χ4n) is 2.79. The van der Waals surface area contributed by atoms with Gasteiger partial charge in [0, 0.05) is 24.7 Å². The van der Waals surface area contributed by atoms with Crippen molar-refractivity contribution in [2.75, 3.05) is 13.1 Å². The highest BCUT2D eigenvalue weighted by Gasteiger charge is 2.51. The van der Waals surface area contributed by atoms with Gasteiger partial charge >= 0.3 is 13.2 Å². The molecule has 1 saturated heterocycles. The predicted octanol–water partition coefficient (Wildman–Crippen LogP) is 2.15. The minimum Gasteiger partial charge on any atom is -0.465 e. The Kier molecular flexibility index (Phi) is 4.17. The first kappa shape index (κ1) is 17.0. The predicted molar refractivity (Wildman–Crippen MR) is 92.1 cm³/mol. The van der Waals surface area contributed by atoms with Gasteiger partial charge < -0.3 is 19.3 Å². The molecule has 24 heavy (non-hydrogen) atoms. The number of nitrogens with zero attached hydrogens (tertiary/aromatic N) is 2. The molecule has 7 heteroatoms. The summed E-state index contributed by atoms with van der Waals surface area (Å²) in [6.45, 7) is 9.00. The lowest BCUT2D eigenvalue weighted by Gasteiger charge is -2.32. The van der Waals surface area contributed by atoms with Gasteiger partial charge in [0.2, 0.25) is 0 Å². The summed E-state index contributed by atoms with van der Waals surface area (Å²) in [6, 6.07) is 3.91. The van der Waals surface area contributed by atoms with Crippen molar-refractivity contribution >= 4 is 24.2 Å². The second-order valence-electron chi connectivity index (χ2n) is 7.27. The van der Waals surface area contributed by atoms with Crippen LogP contribution in [-0.2, 0) is 9.31 Å². The summed E-state index contributed by atoms with van der Waals surface area (Å²) < 4.78 is 12.1. The van der Waals surface area contributed by atoms with Gasteiger partial charge in [0.1, 0.15) is 0 Å². The largest absolute Gasteiger partial charge is 0.496 e. The van der Waals surface area contributed by atoms with Crippen LogP contribution in [0.3, 0.4) is 0 Å². The van der Waals surface area contributed by atoms with E-state index in [1.165, 1.54) is 4.90 Å². The summed E-state index contributed by atoms with van der Waals surface area (Å²) in [5.74, 6) is 0. The highest BCUT2D eigenvalue weighted by molar-refractivity contribution is 6.62. The van der Waals surface area contributed by atoms with Gasteiger partial charge in [0.15, 0.2) is 0 Å². The monoisotopic (exact) mass is 330 g/mol. The van der Waals surface area contributed by atoms with E-state index in [1.54, 1.807) is 6.20 Å². The van der Waals surface area contributed by atoms with E-state index in [9.17, 15) is 4.79 Å². The Balaban J connectivity index is 1.72. The first-order valence-corrected chi connectivity index (χ1v) is 8.18. The van der Waals surface area contributed by atoms with Crippen LogP contribution < -0.4 is 5.46 Å². The normalized spacial score (nSPS) is 22.4. The van der Waals surface area contributed by atoms with E-state index >= 15 is 0 Å². The van der Waals surface area contributed by atoms with Crippen LogP contribution in [0, 0.1) is 0 Å². The second-order valence-corrected chi connectivity index (χ2v) is 7.27. The molecule has 1 fully saturated rings. The van der Waals surface area contributed by atoms with Crippen LogP contribution >= 0.6 is 0 Å². The van der Waals surface area contributed by atoms with E-state index in [2.05, 4.69) is 4.98 Å². The maximum Gasteiger partial charge on any atom is 0.496 e. The molecule has 0 radical (unpaired) electrons. The molecule has 0 atom stereocenters. The lowest BCUT2D eigenvalue weighted by molar-refractivity contribution is 0.00578. The molecule has 2 aliphatic rings. The van der Waals surface area contributed by atoms with E-state index in [4.69, 9.17) is 14.4 Å². The van der Waals surface area contributed by atoms with Crippen molar-refractivity contribution in [3.8, 4) is 0 Å². The molecule has 1 N–H and O–H groups in total. The van der Waals surface area contributed by atoms with Gasteiger partial charge in [-0.25, -0.2) is 4.79 Å². The van der Waals surface area contributed by atoms with Crippen molar-refractivity contribution < 1.29 is 19.2 Å². The Morgan fingerprint density at radius 2 is 1.92 bits per heavy atom. The van der Waals surface area contributed by atoms with Gasteiger partial charge in [0.25, 0.3) is 0 Å². The van der Waals surface area contributed by atoms with Crippen LogP contribution in [0.4, 0.5) is 4.79 Å². The Bertz CT molecular complexity index is 654. The zero-order chi connectivity index (χ0) is 17.5. The molecule has 2 aliphatic heterocycles. The van der Waals surface area contributed by atoms with Crippen molar-refractivity contribution in [1.29, 1.82) is 0 Å². The third-order valence-electron chi connectivity index (χ3n) is 5.12. The van der Waals surface area contributed by atoms with Crippen molar-refractivity contribution in [2.45, 2.75) is 45.3 Å².